The topological polar surface area (TPSA) is 73.9 Å². The Labute approximate surface area is 196 Å². The number of benzene rings is 1. The molecule has 0 aromatic heterocycles. The van der Waals surface area contributed by atoms with Crippen LogP contribution in [-0.2, 0) is 19.7 Å². The van der Waals surface area contributed by atoms with Crippen LogP contribution in [0.1, 0.15) is 46.6 Å². The zero-order valence-corrected chi connectivity index (χ0v) is 21.4. The van der Waals surface area contributed by atoms with Gasteiger partial charge >= 0.3 is 12.1 Å². The molecule has 1 unspecified atom stereocenters. The van der Waals surface area contributed by atoms with E-state index in [1.807, 2.05) is 0 Å². The molecule has 0 fully saturated rings. The minimum Gasteiger partial charge on any atom is -0.488 e. The number of ether oxygens (including phenoxy) is 3. The second kappa shape index (κ2) is 12.3. The summed E-state index contributed by atoms with van der Waals surface area (Å²) in [6.45, 7) is 14.4. The van der Waals surface area contributed by atoms with E-state index in [0.29, 0.717) is 17.2 Å². The molecular weight excluding hydrogens is 518 g/mol. The predicted octanol–water partition coefficient (Wildman–Crippen LogP) is 5.76. The van der Waals surface area contributed by atoms with Crippen LogP contribution < -0.4 is 10.1 Å². The fraction of sp³-hybridized carbons (Fsp3) is 0.545. The zero-order chi connectivity index (χ0) is 22.9. The van der Waals surface area contributed by atoms with Crippen molar-refractivity contribution in [3.8, 4) is 5.75 Å². The molecule has 0 saturated carbocycles. The molecule has 0 heterocycles. The average molecular weight is 549 g/mol. The van der Waals surface area contributed by atoms with Crippen LogP contribution in [0.2, 0.25) is 0 Å². The van der Waals surface area contributed by atoms with Gasteiger partial charge in [0.2, 0.25) is 0 Å². The number of alkyl carbamates (subject to hydrolysis) is 1. The lowest BCUT2D eigenvalue weighted by Gasteiger charge is -2.32. The smallest absolute Gasteiger partial charge is 0.407 e. The first-order valence-electron chi connectivity index (χ1n) is 9.86. The highest BCUT2D eigenvalue weighted by atomic mass is 79.9. The molecule has 8 heteroatoms. The fourth-order valence-electron chi connectivity index (χ4n) is 2.61. The van der Waals surface area contributed by atoms with Crippen molar-refractivity contribution in [2.45, 2.75) is 46.5 Å². The summed E-state index contributed by atoms with van der Waals surface area (Å²) in [6, 6.07) is 4.15. The summed E-state index contributed by atoms with van der Waals surface area (Å²) in [5.41, 5.74) is 1.55. The Balaban J connectivity index is 2.47. The third-order valence-corrected chi connectivity index (χ3v) is 6.28. The highest BCUT2D eigenvalue weighted by Crippen LogP contribution is 2.41. The largest absolute Gasteiger partial charge is 0.488 e. The van der Waals surface area contributed by atoms with E-state index >= 15 is 0 Å². The number of carbonyl (C=O) groups is 2. The first kappa shape index (κ1) is 26.5. The van der Waals surface area contributed by atoms with Gasteiger partial charge in [-0.05, 0) is 67.8 Å². The van der Waals surface area contributed by atoms with E-state index in [4.69, 9.17) is 14.2 Å². The SMILES string of the molecule is C=C(C)C(=O)OCCNC(=O)OCCOc1c(Br)cc(C(C)(C)C(C)CC)cc1Br. The van der Waals surface area contributed by atoms with Crippen LogP contribution in [0.4, 0.5) is 4.79 Å². The number of esters is 1. The molecular formula is C22H31Br2NO5. The van der Waals surface area contributed by atoms with Gasteiger partial charge in [0.1, 0.15) is 25.6 Å². The summed E-state index contributed by atoms with van der Waals surface area (Å²) in [5.74, 6) is 0.696. The van der Waals surface area contributed by atoms with Crippen molar-refractivity contribution in [1.82, 2.24) is 5.32 Å². The van der Waals surface area contributed by atoms with Gasteiger partial charge in [-0.3, -0.25) is 0 Å². The molecule has 0 radical (unpaired) electrons. The van der Waals surface area contributed by atoms with Crippen molar-refractivity contribution in [3.05, 3.63) is 38.8 Å². The molecule has 1 N–H and O–H groups in total. The predicted molar refractivity (Wildman–Crippen MR) is 125 cm³/mol. The third kappa shape index (κ3) is 7.95. The molecule has 1 aromatic carbocycles. The normalized spacial score (nSPS) is 12.1. The van der Waals surface area contributed by atoms with Crippen molar-refractivity contribution in [1.29, 1.82) is 0 Å². The average Bonchev–Trinajstić information content (AvgIpc) is 2.68. The van der Waals surface area contributed by atoms with Crippen LogP contribution >= 0.6 is 31.9 Å². The van der Waals surface area contributed by atoms with Gasteiger partial charge in [0.15, 0.2) is 0 Å². The maximum absolute atomic E-state index is 11.6. The van der Waals surface area contributed by atoms with Crippen LogP contribution in [0.15, 0.2) is 33.2 Å². The Morgan fingerprint density at radius 1 is 1.13 bits per heavy atom. The molecule has 0 bridgehead atoms. The van der Waals surface area contributed by atoms with Gasteiger partial charge in [-0.15, -0.1) is 0 Å². The molecule has 6 nitrogen and oxygen atoms in total. The van der Waals surface area contributed by atoms with Crippen LogP contribution in [0, 0.1) is 5.92 Å². The molecule has 0 aliphatic heterocycles. The Morgan fingerprint density at radius 3 is 2.27 bits per heavy atom. The first-order valence-corrected chi connectivity index (χ1v) is 11.4. The van der Waals surface area contributed by atoms with E-state index in [1.54, 1.807) is 6.92 Å². The van der Waals surface area contributed by atoms with Crippen molar-refractivity contribution < 1.29 is 23.8 Å². The molecule has 0 aliphatic rings. The van der Waals surface area contributed by atoms with E-state index in [9.17, 15) is 9.59 Å². The summed E-state index contributed by atoms with van der Waals surface area (Å²) < 4.78 is 17.4. The highest BCUT2D eigenvalue weighted by Gasteiger charge is 2.28. The molecule has 1 aromatic rings. The quantitative estimate of drug-likeness (QED) is 0.216. The number of hydrogen-bond acceptors (Lipinski definition) is 5. The van der Waals surface area contributed by atoms with Crippen molar-refractivity contribution >= 4 is 43.9 Å². The number of carbonyl (C=O) groups excluding carboxylic acids is 2. The van der Waals surface area contributed by atoms with Gasteiger partial charge in [-0.1, -0.05) is 40.7 Å². The van der Waals surface area contributed by atoms with E-state index < -0.39 is 12.1 Å². The Bertz CT molecular complexity index is 741. The summed E-state index contributed by atoms with van der Waals surface area (Å²) in [6.07, 6.45) is 0.490. The summed E-state index contributed by atoms with van der Waals surface area (Å²) in [7, 11) is 0. The van der Waals surface area contributed by atoms with E-state index in [0.717, 1.165) is 15.4 Å². The molecule has 1 atom stereocenters. The lowest BCUT2D eigenvalue weighted by atomic mass is 9.73. The maximum Gasteiger partial charge on any atom is 0.407 e. The molecule has 1 rings (SSSR count). The minimum atomic E-state index is -0.603. The van der Waals surface area contributed by atoms with Crippen molar-refractivity contribution in [2.75, 3.05) is 26.4 Å². The number of amides is 1. The molecule has 30 heavy (non-hydrogen) atoms. The highest BCUT2D eigenvalue weighted by molar-refractivity contribution is 9.11. The second-order valence-electron chi connectivity index (χ2n) is 7.63. The summed E-state index contributed by atoms with van der Waals surface area (Å²) in [5, 5.41) is 2.50. The fourth-order valence-corrected chi connectivity index (χ4v) is 4.03. The summed E-state index contributed by atoms with van der Waals surface area (Å²) in [4.78, 5) is 22.9. The van der Waals surface area contributed by atoms with Crippen molar-refractivity contribution in [3.63, 3.8) is 0 Å². The Hall–Kier alpha value is -1.54. The lowest BCUT2D eigenvalue weighted by Crippen LogP contribution is -2.29. The van der Waals surface area contributed by atoms with E-state index in [-0.39, 0.29) is 31.8 Å². The van der Waals surface area contributed by atoms with Crippen LogP contribution in [0.3, 0.4) is 0 Å². The molecule has 0 spiro atoms. The zero-order valence-electron chi connectivity index (χ0n) is 18.3. The molecule has 0 saturated heterocycles. The lowest BCUT2D eigenvalue weighted by molar-refractivity contribution is -0.138. The molecule has 0 aliphatic carbocycles. The standard InChI is InChI=1S/C22H31Br2NO5/c1-7-15(4)22(5,6)16-12-17(23)19(18(24)13-16)28-10-11-30-21(27)25-8-9-29-20(26)14(2)3/h12-13,15H,2,7-11H2,1,3-6H3,(H,25,27). The van der Waals surface area contributed by atoms with Gasteiger partial charge in [-0.25, -0.2) is 9.59 Å². The Kier molecular flexibility index (Phi) is 10.9. The number of hydrogen-bond donors (Lipinski definition) is 1. The van der Waals surface area contributed by atoms with Gasteiger partial charge in [-0.2, -0.15) is 0 Å². The van der Waals surface area contributed by atoms with E-state index in [1.165, 1.54) is 5.56 Å². The monoisotopic (exact) mass is 547 g/mol. The molecule has 168 valence electrons. The molecule has 1 amide bonds. The number of halogens is 2. The van der Waals surface area contributed by atoms with Gasteiger partial charge in [0.25, 0.3) is 0 Å². The third-order valence-electron chi connectivity index (χ3n) is 5.10. The van der Waals surface area contributed by atoms with E-state index in [2.05, 4.69) is 83.6 Å². The van der Waals surface area contributed by atoms with Crippen LogP contribution in [0.25, 0.3) is 0 Å². The first-order chi connectivity index (χ1) is 14.0. The van der Waals surface area contributed by atoms with Gasteiger partial charge in [0.05, 0.1) is 15.5 Å². The minimum absolute atomic E-state index is 0.0260. The van der Waals surface area contributed by atoms with Crippen LogP contribution in [-0.4, -0.2) is 38.4 Å². The second-order valence-corrected chi connectivity index (χ2v) is 9.34. The maximum atomic E-state index is 11.6. The van der Waals surface area contributed by atoms with Gasteiger partial charge < -0.3 is 19.5 Å². The number of rotatable bonds is 11. The van der Waals surface area contributed by atoms with Crippen molar-refractivity contribution in [2.24, 2.45) is 5.92 Å². The Morgan fingerprint density at radius 2 is 1.73 bits per heavy atom. The van der Waals surface area contributed by atoms with Crippen LogP contribution in [0.5, 0.6) is 5.75 Å². The van der Waals surface area contributed by atoms with Gasteiger partial charge in [0, 0.05) is 5.57 Å². The number of nitrogens with one attached hydrogen (secondary N) is 1. The summed E-state index contributed by atoms with van der Waals surface area (Å²) >= 11 is 7.17.